The summed E-state index contributed by atoms with van der Waals surface area (Å²) in [6.45, 7) is 2.23. The second kappa shape index (κ2) is 19.5. The van der Waals surface area contributed by atoms with Gasteiger partial charge in [-0.05, 0) is 56.2 Å². The number of aromatic hydroxyl groups is 2. The second-order valence-corrected chi connectivity index (χ2v) is 9.17. The topological polar surface area (TPSA) is 107 Å². The lowest BCUT2D eigenvalue weighted by atomic mass is 10.0. The van der Waals surface area contributed by atoms with Crippen molar-refractivity contribution in [2.45, 2.75) is 109 Å². The van der Waals surface area contributed by atoms with Crippen molar-refractivity contribution in [1.29, 1.82) is 0 Å². The highest BCUT2D eigenvalue weighted by Crippen LogP contribution is 2.25. The number of phenols is 2. The number of carbonyl (C=O) groups excluding carboxylic acids is 1. The van der Waals surface area contributed by atoms with Gasteiger partial charge in [-0.3, -0.25) is 4.79 Å². The van der Waals surface area contributed by atoms with Crippen LogP contribution in [0.3, 0.4) is 0 Å². The van der Waals surface area contributed by atoms with Gasteiger partial charge in [0.2, 0.25) is 5.91 Å². The number of phenolic OH excluding ortho intramolecular Hbond substituents is 2. The molecular formula is C29H45NO5. The van der Waals surface area contributed by atoms with E-state index in [9.17, 15) is 24.9 Å². The van der Waals surface area contributed by atoms with Crippen molar-refractivity contribution < 1.29 is 24.9 Å². The van der Waals surface area contributed by atoms with Gasteiger partial charge in [0.25, 0.3) is 0 Å². The Hall–Kier alpha value is -2.76. The van der Waals surface area contributed by atoms with Gasteiger partial charge in [-0.15, -0.1) is 0 Å². The molecular weight excluding hydrogens is 442 g/mol. The molecule has 1 aromatic rings. The standard InChI is InChI=1S/C29H45NO5/c1-2-3-4-5-6-7-8-9-10-11-12-13-14-15-16-17-18-19-28(33)30-25(29(34)35)22-24-20-21-26(31)27(32)23-24/h6-7,9-10,20-21,23,25,31-32H,2-5,8,11-19,22H2,1H3,(H,30,33)(H,34,35)/b7-6-,10-9-/t25-/m0/s1. The Morgan fingerprint density at radius 2 is 1.43 bits per heavy atom. The van der Waals surface area contributed by atoms with Gasteiger partial charge in [0.15, 0.2) is 11.5 Å². The van der Waals surface area contributed by atoms with E-state index in [1.165, 1.54) is 63.1 Å². The van der Waals surface area contributed by atoms with E-state index < -0.39 is 12.0 Å². The molecule has 1 atom stereocenters. The Morgan fingerprint density at radius 1 is 0.829 bits per heavy atom. The summed E-state index contributed by atoms with van der Waals surface area (Å²) in [5.74, 6) is -1.98. The van der Waals surface area contributed by atoms with Gasteiger partial charge in [0.1, 0.15) is 6.04 Å². The zero-order chi connectivity index (χ0) is 25.7. The lowest BCUT2D eigenvalue weighted by Gasteiger charge is -2.15. The molecule has 0 aliphatic rings. The Labute approximate surface area is 211 Å². The van der Waals surface area contributed by atoms with Crippen LogP contribution in [0.15, 0.2) is 42.5 Å². The third-order valence-corrected chi connectivity index (χ3v) is 5.97. The van der Waals surface area contributed by atoms with Crippen LogP contribution in [-0.2, 0) is 16.0 Å². The maximum absolute atomic E-state index is 12.2. The van der Waals surface area contributed by atoms with E-state index in [4.69, 9.17) is 0 Å². The molecule has 1 amide bonds. The number of hydrogen-bond acceptors (Lipinski definition) is 4. The molecule has 0 aliphatic heterocycles. The molecule has 0 saturated carbocycles. The molecule has 35 heavy (non-hydrogen) atoms. The van der Waals surface area contributed by atoms with E-state index in [1.54, 1.807) is 0 Å². The van der Waals surface area contributed by atoms with Crippen LogP contribution in [0.2, 0.25) is 0 Å². The highest BCUT2D eigenvalue weighted by Gasteiger charge is 2.20. The van der Waals surface area contributed by atoms with Crippen molar-refractivity contribution in [3.8, 4) is 11.5 Å². The number of aliphatic carboxylic acids is 1. The van der Waals surface area contributed by atoms with E-state index in [1.807, 2.05) is 0 Å². The highest BCUT2D eigenvalue weighted by molar-refractivity contribution is 5.83. The molecule has 0 spiro atoms. The van der Waals surface area contributed by atoms with Crippen molar-refractivity contribution in [3.63, 3.8) is 0 Å². The molecule has 0 radical (unpaired) electrons. The first-order valence-corrected chi connectivity index (χ1v) is 13.3. The number of allylic oxidation sites excluding steroid dienone is 4. The summed E-state index contributed by atoms with van der Waals surface area (Å²) in [7, 11) is 0. The number of rotatable bonds is 20. The predicted molar refractivity (Wildman–Crippen MR) is 142 cm³/mol. The maximum atomic E-state index is 12.2. The van der Waals surface area contributed by atoms with E-state index in [0.717, 1.165) is 38.5 Å². The van der Waals surface area contributed by atoms with Crippen LogP contribution in [0.25, 0.3) is 0 Å². The summed E-state index contributed by atoms with van der Waals surface area (Å²) in [6, 6.07) is 3.07. The number of carboxylic acid groups (broad SMARTS) is 1. The normalized spacial score (nSPS) is 12.4. The second-order valence-electron chi connectivity index (χ2n) is 9.17. The van der Waals surface area contributed by atoms with Crippen LogP contribution in [0.1, 0.15) is 102 Å². The Balaban J connectivity index is 2.05. The molecule has 0 aromatic heterocycles. The first kappa shape index (κ1) is 30.3. The molecule has 4 N–H and O–H groups in total. The highest BCUT2D eigenvalue weighted by atomic mass is 16.4. The molecule has 6 heteroatoms. The lowest BCUT2D eigenvalue weighted by Crippen LogP contribution is -2.42. The predicted octanol–water partition coefficient (Wildman–Crippen LogP) is 6.80. The molecule has 0 aliphatic carbocycles. The molecule has 0 heterocycles. The molecule has 0 saturated heterocycles. The molecule has 1 rings (SSSR count). The molecule has 196 valence electrons. The minimum Gasteiger partial charge on any atom is -0.504 e. The number of carbonyl (C=O) groups is 2. The van der Waals surface area contributed by atoms with Gasteiger partial charge in [0.05, 0.1) is 0 Å². The van der Waals surface area contributed by atoms with Crippen LogP contribution in [0.4, 0.5) is 0 Å². The maximum Gasteiger partial charge on any atom is 0.326 e. The van der Waals surface area contributed by atoms with Gasteiger partial charge >= 0.3 is 5.97 Å². The smallest absolute Gasteiger partial charge is 0.326 e. The summed E-state index contributed by atoms with van der Waals surface area (Å²) in [5.41, 5.74) is 0.526. The van der Waals surface area contributed by atoms with Crippen molar-refractivity contribution >= 4 is 11.9 Å². The summed E-state index contributed by atoms with van der Waals surface area (Å²) >= 11 is 0. The molecule has 0 bridgehead atoms. The summed E-state index contributed by atoms with van der Waals surface area (Å²) < 4.78 is 0. The average Bonchev–Trinajstić information content (AvgIpc) is 2.83. The number of unbranched alkanes of at least 4 members (excludes halogenated alkanes) is 10. The fourth-order valence-corrected chi connectivity index (χ4v) is 3.85. The SMILES string of the molecule is CCCCC/C=C\C/C=C\CCCCCCCCCC(=O)N[C@@H](Cc1ccc(O)c(O)c1)C(=O)O. The summed E-state index contributed by atoms with van der Waals surface area (Å²) in [5, 5.41) is 30.9. The molecule has 6 nitrogen and oxygen atoms in total. The van der Waals surface area contributed by atoms with Gasteiger partial charge in [-0.2, -0.15) is 0 Å². The number of carboxylic acids is 1. The third-order valence-electron chi connectivity index (χ3n) is 5.97. The van der Waals surface area contributed by atoms with E-state index >= 15 is 0 Å². The zero-order valence-corrected chi connectivity index (χ0v) is 21.4. The summed E-state index contributed by atoms with van der Waals surface area (Å²) in [4.78, 5) is 23.6. The summed E-state index contributed by atoms with van der Waals surface area (Å²) in [6.07, 6.45) is 24.3. The van der Waals surface area contributed by atoms with Crippen LogP contribution in [0, 0.1) is 0 Å². The fourth-order valence-electron chi connectivity index (χ4n) is 3.85. The minimum atomic E-state index is -1.13. The first-order valence-electron chi connectivity index (χ1n) is 13.3. The molecule has 0 fully saturated rings. The van der Waals surface area contributed by atoms with Crippen LogP contribution in [0.5, 0.6) is 11.5 Å². The number of benzene rings is 1. The molecule has 1 aromatic carbocycles. The Kier molecular flexibility index (Phi) is 16.9. The average molecular weight is 488 g/mol. The molecule has 0 unspecified atom stereocenters. The van der Waals surface area contributed by atoms with Crippen molar-refractivity contribution in [2.75, 3.05) is 0 Å². The number of hydrogen-bond donors (Lipinski definition) is 4. The number of nitrogens with one attached hydrogen (secondary N) is 1. The monoisotopic (exact) mass is 487 g/mol. The van der Waals surface area contributed by atoms with Crippen molar-refractivity contribution in [2.24, 2.45) is 0 Å². The fraction of sp³-hybridized carbons (Fsp3) is 0.586. The minimum absolute atomic E-state index is 0.0415. The quantitative estimate of drug-likeness (QED) is 0.0919. The van der Waals surface area contributed by atoms with Gasteiger partial charge in [0, 0.05) is 12.8 Å². The van der Waals surface area contributed by atoms with Crippen molar-refractivity contribution in [3.05, 3.63) is 48.1 Å². The van der Waals surface area contributed by atoms with E-state index in [-0.39, 0.29) is 23.8 Å². The Morgan fingerprint density at radius 3 is 2.03 bits per heavy atom. The Bertz CT molecular complexity index is 787. The van der Waals surface area contributed by atoms with Gasteiger partial charge in [-0.1, -0.05) is 82.2 Å². The first-order chi connectivity index (χ1) is 16.9. The van der Waals surface area contributed by atoms with Gasteiger partial charge < -0.3 is 20.6 Å². The number of amides is 1. The van der Waals surface area contributed by atoms with Crippen LogP contribution < -0.4 is 5.32 Å². The van der Waals surface area contributed by atoms with Crippen molar-refractivity contribution in [1.82, 2.24) is 5.32 Å². The lowest BCUT2D eigenvalue weighted by molar-refractivity contribution is -0.141. The third kappa shape index (κ3) is 15.7. The van der Waals surface area contributed by atoms with Gasteiger partial charge in [-0.25, -0.2) is 4.79 Å². The van der Waals surface area contributed by atoms with Crippen LogP contribution >= 0.6 is 0 Å². The van der Waals surface area contributed by atoms with E-state index in [0.29, 0.717) is 12.0 Å². The van der Waals surface area contributed by atoms with Crippen LogP contribution in [-0.4, -0.2) is 33.2 Å². The zero-order valence-electron chi connectivity index (χ0n) is 21.4. The van der Waals surface area contributed by atoms with E-state index in [2.05, 4.69) is 36.5 Å². The largest absolute Gasteiger partial charge is 0.504 e.